The topological polar surface area (TPSA) is 75.3 Å². The Balaban J connectivity index is 2.03. The van der Waals surface area contributed by atoms with E-state index in [0.29, 0.717) is 10.6 Å². The molecular weight excluding hydrogens is 359 g/mol. The minimum absolute atomic E-state index is 0.0638. The Morgan fingerprint density at radius 3 is 2.43 bits per heavy atom. The molecule has 0 fully saturated rings. The monoisotopic (exact) mass is 370 g/mol. The van der Waals surface area contributed by atoms with Crippen molar-refractivity contribution in [1.29, 1.82) is 0 Å². The molecule has 0 unspecified atom stereocenters. The molecule has 5 nitrogen and oxygen atoms in total. The summed E-state index contributed by atoms with van der Waals surface area (Å²) in [7, 11) is -3.84. The summed E-state index contributed by atoms with van der Waals surface area (Å²) < 4.78 is 23.6. The number of benzene rings is 2. The van der Waals surface area contributed by atoms with Gasteiger partial charge in [-0.3, -0.25) is 10.2 Å². The van der Waals surface area contributed by atoms with E-state index in [1.807, 2.05) is 10.9 Å². The lowest BCUT2D eigenvalue weighted by molar-refractivity contribution is 0.0945. The van der Waals surface area contributed by atoms with Gasteiger partial charge in [-0.05, 0) is 29.8 Å². The fourth-order valence-electron chi connectivity index (χ4n) is 1.62. The first-order valence-corrected chi connectivity index (χ1v) is 8.68. The largest absolute Gasteiger partial charge is 0.273 e. The van der Waals surface area contributed by atoms with Gasteiger partial charge in [0.15, 0.2) is 0 Å². The molecule has 0 aliphatic carbocycles. The van der Waals surface area contributed by atoms with Gasteiger partial charge in [0.05, 0.1) is 10.6 Å². The highest BCUT2D eigenvalue weighted by Gasteiger charge is 2.13. The highest BCUT2D eigenvalue weighted by atomic mass is 35.5. The summed E-state index contributed by atoms with van der Waals surface area (Å²) in [6.45, 7) is 0. The summed E-state index contributed by atoms with van der Waals surface area (Å²) >= 11 is 11.7. The molecule has 0 radical (unpaired) electrons. The number of hydrazine groups is 1. The van der Waals surface area contributed by atoms with Crippen LogP contribution in [0.5, 0.6) is 0 Å². The predicted molar refractivity (Wildman–Crippen MR) is 91.5 cm³/mol. The molecule has 1 amide bonds. The van der Waals surface area contributed by atoms with Gasteiger partial charge in [0.25, 0.3) is 15.9 Å². The average Bonchev–Trinajstić information content (AvgIpc) is 2.54. The first kappa shape index (κ1) is 17.5. The van der Waals surface area contributed by atoms with Gasteiger partial charge in [0.1, 0.15) is 0 Å². The van der Waals surface area contributed by atoms with Crippen LogP contribution in [0.15, 0.2) is 53.9 Å². The van der Waals surface area contributed by atoms with Crippen LogP contribution in [0, 0.1) is 0 Å². The number of carbonyl (C=O) groups is 1. The number of hydrogen-bond donors (Lipinski definition) is 2. The third-order valence-electron chi connectivity index (χ3n) is 2.72. The molecule has 2 aromatic rings. The summed E-state index contributed by atoms with van der Waals surface area (Å²) in [6, 6.07) is 13.2. The van der Waals surface area contributed by atoms with E-state index in [1.165, 1.54) is 24.3 Å². The van der Waals surface area contributed by atoms with Gasteiger partial charge in [-0.2, -0.15) is 0 Å². The van der Waals surface area contributed by atoms with Gasteiger partial charge in [0, 0.05) is 10.4 Å². The Morgan fingerprint density at radius 2 is 1.74 bits per heavy atom. The van der Waals surface area contributed by atoms with Crippen LogP contribution in [0.4, 0.5) is 0 Å². The maximum absolute atomic E-state index is 11.9. The van der Waals surface area contributed by atoms with Crippen LogP contribution in [-0.2, 0) is 10.0 Å². The number of sulfonamides is 1. The average molecular weight is 371 g/mol. The van der Waals surface area contributed by atoms with Crippen molar-refractivity contribution in [1.82, 2.24) is 10.3 Å². The quantitative estimate of drug-likeness (QED) is 0.793. The summed E-state index contributed by atoms with van der Waals surface area (Å²) in [6.07, 6.45) is 1.40. The normalized spacial score (nSPS) is 11.6. The molecule has 0 aromatic heterocycles. The van der Waals surface area contributed by atoms with E-state index in [-0.39, 0.29) is 10.6 Å². The highest BCUT2D eigenvalue weighted by Crippen LogP contribution is 2.20. The maximum atomic E-state index is 11.9. The lowest BCUT2D eigenvalue weighted by Gasteiger charge is -2.07. The molecule has 120 valence electrons. The van der Waals surface area contributed by atoms with E-state index in [1.54, 1.807) is 24.3 Å². The molecule has 0 bridgehead atoms. The van der Waals surface area contributed by atoms with E-state index >= 15 is 0 Å². The summed E-state index contributed by atoms with van der Waals surface area (Å²) in [5, 5.41) is 1.42. The van der Waals surface area contributed by atoms with Gasteiger partial charge in [-0.1, -0.05) is 53.5 Å². The summed E-state index contributed by atoms with van der Waals surface area (Å²) in [5.74, 6) is -0.714. The van der Waals surface area contributed by atoms with Crippen molar-refractivity contribution in [3.8, 4) is 0 Å². The lowest BCUT2D eigenvalue weighted by Crippen LogP contribution is -2.40. The second-order valence-corrected chi connectivity index (χ2v) is 6.85. The van der Waals surface area contributed by atoms with Crippen molar-refractivity contribution >= 4 is 45.2 Å². The van der Waals surface area contributed by atoms with Crippen LogP contribution in [0.25, 0.3) is 6.08 Å². The van der Waals surface area contributed by atoms with Crippen molar-refractivity contribution in [3.63, 3.8) is 0 Å². The second-order valence-electron chi connectivity index (χ2n) is 4.44. The molecule has 0 aliphatic heterocycles. The first-order valence-electron chi connectivity index (χ1n) is 6.38. The van der Waals surface area contributed by atoms with Crippen LogP contribution in [0.3, 0.4) is 0 Å². The molecule has 2 rings (SSSR count). The molecule has 8 heteroatoms. The third-order valence-corrected chi connectivity index (χ3v) is 4.16. The van der Waals surface area contributed by atoms with Gasteiger partial charge in [-0.25, -0.2) is 8.42 Å². The molecule has 0 spiro atoms. The van der Waals surface area contributed by atoms with Gasteiger partial charge >= 0.3 is 0 Å². The number of halogens is 2. The molecule has 2 aromatic carbocycles. The maximum Gasteiger partial charge on any atom is 0.267 e. The van der Waals surface area contributed by atoms with Crippen LogP contribution < -0.4 is 10.3 Å². The molecular formula is C15H12Cl2N2O3S. The number of nitrogens with one attached hydrogen (secondary N) is 2. The number of amides is 1. The molecule has 0 aliphatic rings. The number of carbonyl (C=O) groups excluding carboxylic acids is 1. The Labute approximate surface area is 143 Å². The van der Waals surface area contributed by atoms with Crippen molar-refractivity contribution in [2.75, 3.05) is 0 Å². The standard InChI is InChI=1S/C15H12Cl2N2O3S/c16-12-6-7-14(17)13(10-12)15(20)18-19-23(21,22)9-8-11-4-2-1-3-5-11/h1-10,19H,(H,18,20)/b9-8+. The smallest absolute Gasteiger partial charge is 0.267 e. The van der Waals surface area contributed by atoms with E-state index in [2.05, 4.69) is 5.43 Å². The third kappa shape index (κ3) is 5.37. The Bertz CT molecular complexity index is 837. The molecule has 23 heavy (non-hydrogen) atoms. The van der Waals surface area contributed by atoms with Gasteiger partial charge < -0.3 is 0 Å². The van der Waals surface area contributed by atoms with Crippen LogP contribution in [0.2, 0.25) is 10.0 Å². The van der Waals surface area contributed by atoms with Crippen molar-refractivity contribution in [3.05, 3.63) is 75.1 Å². The molecule has 0 atom stereocenters. The zero-order valence-electron chi connectivity index (χ0n) is 11.7. The Morgan fingerprint density at radius 1 is 1.04 bits per heavy atom. The van der Waals surface area contributed by atoms with Crippen LogP contribution in [-0.4, -0.2) is 14.3 Å². The van der Waals surface area contributed by atoms with Gasteiger partial charge in [0.2, 0.25) is 0 Å². The fourth-order valence-corrected chi connectivity index (χ4v) is 2.64. The summed E-state index contributed by atoms with van der Waals surface area (Å²) in [5.41, 5.74) is 2.85. The minimum atomic E-state index is -3.84. The number of hydrogen-bond acceptors (Lipinski definition) is 3. The van der Waals surface area contributed by atoms with E-state index in [4.69, 9.17) is 23.2 Å². The second kappa shape index (κ2) is 7.61. The SMILES string of the molecule is O=C(NNS(=O)(=O)/C=C/c1ccccc1)c1cc(Cl)ccc1Cl. The molecule has 0 saturated carbocycles. The Kier molecular flexibility index (Phi) is 5.79. The van der Waals surface area contributed by atoms with E-state index < -0.39 is 15.9 Å². The Hall–Kier alpha value is -1.86. The van der Waals surface area contributed by atoms with Crippen molar-refractivity contribution in [2.24, 2.45) is 0 Å². The lowest BCUT2D eigenvalue weighted by atomic mass is 10.2. The van der Waals surface area contributed by atoms with Crippen LogP contribution >= 0.6 is 23.2 Å². The molecule has 0 saturated heterocycles. The summed E-state index contributed by atoms with van der Waals surface area (Å²) in [4.78, 5) is 13.9. The minimum Gasteiger partial charge on any atom is -0.273 e. The predicted octanol–water partition coefficient (Wildman–Crippen LogP) is 3.23. The zero-order chi connectivity index (χ0) is 16.9. The van der Waals surface area contributed by atoms with Crippen molar-refractivity contribution < 1.29 is 13.2 Å². The fraction of sp³-hybridized carbons (Fsp3) is 0. The highest BCUT2D eigenvalue weighted by molar-refractivity contribution is 7.92. The van der Waals surface area contributed by atoms with E-state index in [9.17, 15) is 13.2 Å². The first-order chi connectivity index (χ1) is 10.9. The van der Waals surface area contributed by atoms with Crippen molar-refractivity contribution in [2.45, 2.75) is 0 Å². The molecule has 0 heterocycles. The van der Waals surface area contributed by atoms with E-state index in [0.717, 1.165) is 5.41 Å². The number of rotatable bonds is 5. The molecule has 2 N–H and O–H groups in total. The van der Waals surface area contributed by atoms with Gasteiger partial charge in [-0.15, -0.1) is 4.83 Å². The van der Waals surface area contributed by atoms with Crippen LogP contribution in [0.1, 0.15) is 15.9 Å². The zero-order valence-corrected chi connectivity index (χ0v) is 14.0.